The molecule has 0 aromatic carbocycles. The monoisotopic (exact) mass is 262 g/mol. The van der Waals surface area contributed by atoms with Crippen LogP contribution in [0.5, 0.6) is 0 Å². The smallest absolute Gasteiger partial charge is 0.0718 e. The van der Waals surface area contributed by atoms with Crippen LogP contribution < -0.4 is 0 Å². The molecule has 1 unspecified atom stereocenters. The van der Waals surface area contributed by atoms with Gasteiger partial charge in [-0.2, -0.15) is 0 Å². The van der Waals surface area contributed by atoms with Crippen LogP contribution in [0.3, 0.4) is 0 Å². The summed E-state index contributed by atoms with van der Waals surface area (Å²) in [6.45, 7) is 3.63. The number of hydrogen-bond donors (Lipinski definition) is 2. The van der Waals surface area contributed by atoms with Crippen molar-refractivity contribution < 1.29 is 0 Å². The molecular formula is C5H10S6. The SMILES string of the molecule is C=CSSC(CCSS)SS. The van der Waals surface area contributed by atoms with Gasteiger partial charge in [-0.25, -0.2) is 0 Å². The predicted molar refractivity (Wildman–Crippen MR) is 71.8 cm³/mol. The van der Waals surface area contributed by atoms with E-state index in [-0.39, 0.29) is 0 Å². The molecular weight excluding hydrogens is 252 g/mol. The minimum Gasteiger partial charge on any atom is -0.111 e. The van der Waals surface area contributed by atoms with Gasteiger partial charge < -0.3 is 0 Å². The highest BCUT2D eigenvalue weighted by Crippen LogP contribution is 2.38. The Hall–Kier alpha value is 1.84. The molecule has 0 fully saturated rings. The summed E-state index contributed by atoms with van der Waals surface area (Å²) in [7, 11) is 6.64. The molecule has 11 heavy (non-hydrogen) atoms. The van der Waals surface area contributed by atoms with E-state index in [1.165, 1.54) is 0 Å². The lowest BCUT2D eigenvalue weighted by molar-refractivity contribution is 1.09. The molecule has 0 aliphatic carbocycles. The van der Waals surface area contributed by atoms with Crippen LogP contribution in [0.15, 0.2) is 12.0 Å². The maximum Gasteiger partial charge on any atom is 0.0718 e. The van der Waals surface area contributed by atoms with Gasteiger partial charge in [-0.15, -0.1) is 23.3 Å². The summed E-state index contributed by atoms with van der Waals surface area (Å²) >= 11 is 8.25. The highest BCUT2D eigenvalue weighted by Gasteiger charge is 2.06. The van der Waals surface area contributed by atoms with Crippen molar-refractivity contribution in [3.8, 4) is 0 Å². The Kier molecular flexibility index (Phi) is 11.6. The van der Waals surface area contributed by atoms with E-state index in [9.17, 15) is 0 Å². The van der Waals surface area contributed by atoms with Crippen molar-refractivity contribution in [1.29, 1.82) is 0 Å². The van der Waals surface area contributed by atoms with Crippen molar-refractivity contribution in [2.45, 2.75) is 11.0 Å². The zero-order valence-electron chi connectivity index (χ0n) is 5.80. The molecule has 6 heteroatoms. The largest absolute Gasteiger partial charge is 0.111 e. The van der Waals surface area contributed by atoms with Gasteiger partial charge in [0.1, 0.15) is 0 Å². The molecule has 0 saturated carbocycles. The van der Waals surface area contributed by atoms with Crippen molar-refractivity contribution >= 4 is 66.5 Å². The molecule has 0 rings (SSSR count). The molecule has 1 atom stereocenters. The second-order valence-corrected chi connectivity index (χ2v) is 7.11. The lowest BCUT2D eigenvalue weighted by atomic mass is 10.6. The third-order valence-electron chi connectivity index (χ3n) is 0.793. The van der Waals surface area contributed by atoms with Crippen LogP contribution in [0, 0.1) is 0 Å². The predicted octanol–water partition coefficient (Wildman–Crippen LogP) is 4.38. The van der Waals surface area contributed by atoms with Crippen molar-refractivity contribution in [1.82, 2.24) is 0 Å². The summed E-state index contributed by atoms with van der Waals surface area (Å²) in [5.74, 6) is 1.08. The van der Waals surface area contributed by atoms with Gasteiger partial charge in [0.05, 0.1) is 4.58 Å². The van der Waals surface area contributed by atoms with Gasteiger partial charge in [0.25, 0.3) is 0 Å². The molecule has 0 aliphatic heterocycles. The fraction of sp³-hybridized carbons (Fsp3) is 0.600. The quantitative estimate of drug-likeness (QED) is 0.397. The van der Waals surface area contributed by atoms with E-state index in [4.69, 9.17) is 0 Å². The number of thiol groups is 2. The summed E-state index contributed by atoms with van der Waals surface area (Å²) in [6.07, 6.45) is 1.13. The van der Waals surface area contributed by atoms with E-state index in [1.54, 1.807) is 43.2 Å². The van der Waals surface area contributed by atoms with E-state index in [2.05, 4.69) is 29.9 Å². The zero-order chi connectivity index (χ0) is 8.53. The topological polar surface area (TPSA) is 0 Å². The molecule has 0 spiro atoms. The Morgan fingerprint density at radius 2 is 2.18 bits per heavy atom. The summed E-state index contributed by atoms with van der Waals surface area (Å²) in [4.78, 5) is 0. The Labute approximate surface area is 94.5 Å². The van der Waals surface area contributed by atoms with Crippen LogP contribution in [0.1, 0.15) is 6.42 Å². The Balaban J connectivity index is 3.32. The summed E-state index contributed by atoms with van der Waals surface area (Å²) in [5, 5.41) is 1.84. The van der Waals surface area contributed by atoms with Crippen molar-refractivity contribution in [3.05, 3.63) is 12.0 Å². The first-order valence-corrected chi connectivity index (χ1v) is 9.09. The second kappa shape index (κ2) is 9.92. The van der Waals surface area contributed by atoms with Crippen LogP contribution in [0.4, 0.5) is 0 Å². The lowest BCUT2D eigenvalue weighted by Gasteiger charge is -2.08. The molecule has 0 nitrogen and oxygen atoms in total. The molecule has 0 radical (unpaired) electrons. The molecule has 0 aliphatic rings. The average Bonchev–Trinajstić information content (AvgIpc) is 2.05. The minimum absolute atomic E-state index is 0.543. The zero-order valence-corrected chi connectivity index (χ0v) is 10.9. The Bertz CT molecular complexity index is 95.0. The highest BCUT2D eigenvalue weighted by atomic mass is 33.1. The second-order valence-electron chi connectivity index (χ2n) is 1.52. The van der Waals surface area contributed by atoms with E-state index in [0.717, 1.165) is 12.2 Å². The van der Waals surface area contributed by atoms with Crippen LogP contribution in [0.25, 0.3) is 0 Å². The van der Waals surface area contributed by atoms with Crippen molar-refractivity contribution in [2.75, 3.05) is 5.75 Å². The maximum absolute atomic E-state index is 4.18. The summed E-state index contributed by atoms with van der Waals surface area (Å²) in [6, 6.07) is 0. The van der Waals surface area contributed by atoms with Crippen molar-refractivity contribution in [2.24, 2.45) is 0 Å². The first-order chi connectivity index (χ1) is 5.35. The van der Waals surface area contributed by atoms with Gasteiger partial charge in [-0.3, -0.25) is 0 Å². The summed E-state index contributed by atoms with van der Waals surface area (Å²) < 4.78 is 0.543. The van der Waals surface area contributed by atoms with Gasteiger partial charge in [0, 0.05) is 5.75 Å². The molecule has 0 N–H and O–H groups in total. The van der Waals surface area contributed by atoms with Gasteiger partial charge in [-0.05, 0) is 11.8 Å². The van der Waals surface area contributed by atoms with E-state index in [1.807, 2.05) is 5.41 Å². The fourth-order valence-electron chi connectivity index (χ4n) is 0.369. The first kappa shape index (κ1) is 12.8. The lowest BCUT2D eigenvalue weighted by Crippen LogP contribution is -1.92. The highest BCUT2D eigenvalue weighted by molar-refractivity contribution is 8.83. The normalized spacial score (nSPS) is 12.9. The molecule has 0 amide bonds. The first-order valence-electron chi connectivity index (χ1n) is 2.84. The van der Waals surface area contributed by atoms with Crippen LogP contribution in [-0.2, 0) is 0 Å². The van der Waals surface area contributed by atoms with E-state index >= 15 is 0 Å². The van der Waals surface area contributed by atoms with Crippen molar-refractivity contribution in [3.63, 3.8) is 0 Å². The summed E-state index contributed by atoms with van der Waals surface area (Å²) in [5.41, 5.74) is 0. The van der Waals surface area contributed by atoms with Gasteiger partial charge in [0.2, 0.25) is 0 Å². The van der Waals surface area contributed by atoms with Gasteiger partial charge in [0.15, 0.2) is 0 Å². The molecule has 0 aromatic heterocycles. The fourth-order valence-corrected chi connectivity index (χ4v) is 4.99. The molecule has 0 bridgehead atoms. The van der Waals surface area contributed by atoms with Crippen LogP contribution in [-0.4, -0.2) is 10.3 Å². The molecule has 0 saturated heterocycles. The van der Waals surface area contributed by atoms with E-state index < -0.39 is 0 Å². The van der Waals surface area contributed by atoms with Gasteiger partial charge in [-0.1, -0.05) is 49.8 Å². The Morgan fingerprint density at radius 3 is 2.64 bits per heavy atom. The standard InChI is InChI=1S/C5H10S6/c1-2-9-11-5(10-7)3-4-8-6/h2,5-7H,1,3-4H2. The number of rotatable bonds is 7. The number of hydrogen-bond acceptors (Lipinski definition) is 6. The average molecular weight is 263 g/mol. The maximum atomic E-state index is 4.18. The minimum atomic E-state index is 0.543. The van der Waals surface area contributed by atoms with Gasteiger partial charge >= 0.3 is 0 Å². The Morgan fingerprint density at radius 1 is 1.45 bits per heavy atom. The third-order valence-corrected chi connectivity index (χ3v) is 6.50. The van der Waals surface area contributed by atoms with Crippen LogP contribution >= 0.6 is 66.5 Å². The van der Waals surface area contributed by atoms with E-state index in [0.29, 0.717) is 4.58 Å². The third kappa shape index (κ3) is 8.18. The van der Waals surface area contributed by atoms with Crippen LogP contribution in [0.2, 0.25) is 0 Å². The molecule has 0 aromatic rings. The molecule has 0 heterocycles. The molecule has 66 valence electrons.